The van der Waals surface area contributed by atoms with E-state index in [9.17, 15) is 0 Å². The van der Waals surface area contributed by atoms with Crippen LogP contribution in [0.15, 0.2) is 97.1 Å². The molecule has 0 aliphatic heterocycles. The molecule has 4 aromatic carbocycles. The molecule has 0 aromatic heterocycles. The molecule has 27 heavy (non-hydrogen) atoms. The zero-order chi connectivity index (χ0) is 17.8. The zero-order valence-corrected chi connectivity index (χ0v) is 15.2. The van der Waals surface area contributed by atoms with E-state index in [0.29, 0.717) is 0 Å². The average molecular weight is 344 g/mol. The molecule has 0 radical (unpaired) electrons. The predicted molar refractivity (Wildman–Crippen MR) is 115 cm³/mol. The molecular formula is C27H20. The Labute approximate surface area is 159 Å². The molecule has 0 saturated heterocycles. The maximum atomic E-state index is 2.40. The van der Waals surface area contributed by atoms with Gasteiger partial charge >= 0.3 is 0 Å². The van der Waals surface area contributed by atoms with Crippen LogP contribution in [0.3, 0.4) is 0 Å². The molecule has 1 spiro atoms. The van der Waals surface area contributed by atoms with Crippen LogP contribution >= 0.6 is 0 Å². The smallest absolute Gasteiger partial charge is 0.0148 e. The third-order valence-corrected chi connectivity index (χ3v) is 6.29. The maximum absolute atomic E-state index is 2.40. The Balaban J connectivity index is 1.81. The van der Waals surface area contributed by atoms with Crippen LogP contribution in [0.25, 0.3) is 32.7 Å². The van der Waals surface area contributed by atoms with Crippen LogP contribution < -0.4 is 0 Å². The third-order valence-electron chi connectivity index (χ3n) is 6.29. The van der Waals surface area contributed by atoms with E-state index in [2.05, 4.69) is 97.1 Å². The Morgan fingerprint density at radius 1 is 0.519 bits per heavy atom. The Hall–Kier alpha value is -3.12. The van der Waals surface area contributed by atoms with Crippen molar-refractivity contribution in [3.63, 3.8) is 0 Å². The highest BCUT2D eigenvalue weighted by atomic mass is 14.4. The van der Waals surface area contributed by atoms with Crippen LogP contribution in [0.5, 0.6) is 0 Å². The van der Waals surface area contributed by atoms with Crippen molar-refractivity contribution in [1.82, 2.24) is 0 Å². The first-order chi connectivity index (χ1) is 13.3. The van der Waals surface area contributed by atoms with E-state index in [0.717, 1.165) is 12.8 Å². The predicted octanol–water partition coefficient (Wildman–Crippen LogP) is 6.87. The van der Waals surface area contributed by atoms with Crippen molar-refractivity contribution in [1.29, 1.82) is 0 Å². The fourth-order valence-corrected chi connectivity index (χ4v) is 5.08. The lowest BCUT2D eigenvalue weighted by Crippen LogP contribution is -2.19. The standard InChI is InChI=1S/C27H20/c1-3-9-23-19(7-1)11-13-21-17-27(15-5-6-16-27)18-22-14-12-20-8-2-4-10-24(20)26(22)25(21)23/h1-16H,17-18H2. The highest BCUT2D eigenvalue weighted by Gasteiger charge is 2.33. The minimum absolute atomic E-state index is 0.102. The average Bonchev–Trinajstić information content (AvgIpc) is 3.10. The van der Waals surface area contributed by atoms with Gasteiger partial charge in [-0.25, -0.2) is 0 Å². The van der Waals surface area contributed by atoms with E-state index >= 15 is 0 Å². The van der Waals surface area contributed by atoms with Gasteiger partial charge < -0.3 is 0 Å². The van der Waals surface area contributed by atoms with Crippen LogP contribution in [-0.2, 0) is 12.8 Å². The quantitative estimate of drug-likeness (QED) is 0.326. The van der Waals surface area contributed by atoms with Gasteiger partial charge in [-0.15, -0.1) is 0 Å². The number of fused-ring (bicyclic) bond motifs is 7. The van der Waals surface area contributed by atoms with Gasteiger partial charge in [-0.1, -0.05) is 97.1 Å². The topological polar surface area (TPSA) is 0 Å². The fraction of sp³-hybridized carbons (Fsp3) is 0.111. The van der Waals surface area contributed by atoms with Crippen LogP contribution in [0.2, 0.25) is 0 Å². The second-order valence-electron chi connectivity index (χ2n) is 7.95. The van der Waals surface area contributed by atoms with Crippen molar-refractivity contribution in [3.05, 3.63) is 108 Å². The van der Waals surface area contributed by atoms with Crippen molar-refractivity contribution in [3.8, 4) is 11.1 Å². The van der Waals surface area contributed by atoms with Crippen molar-refractivity contribution in [2.75, 3.05) is 0 Å². The van der Waals surface area contributed by atoms with Crippen molar-refractivity contribution >= 4 is 21.5 Å². The van der Waals surface area contributed by atoms with E-state index < -0.39 is 0 Å². The highest BCUT2D eigenvalue weighted by molar-refractivity contribution is 6.08. The monoisotopic (exact) mass is 344 g/mol. The normalized spacial score (nSPS) is 16.6. The van der Waals surface area contributed by atoms with Gasteiger partial charge in [0.2, 0.25) is 0 Å². The lowest BCUT2D eigenvalue weighted by atomic mass is 9.79. The molecule has 0 amide bonds. The maximum Gasteiger partial charge on any atom is 0.0148 e. The first kappa shape index (κ1) is 15.0. The Morgan fingerprint density at radius 2 is 1.00 bits per heavy atom. The molecule has 0 unspecified atom stereocenters. The Bertz CT molecular complexity index is 1170. The molecule has 0 fully saturated rings. The van der Waals surface area contributed by atoms with Gasteiger partial charge in [0.15, 0.2) is 0 Å². The Kier molecular flexibility index (Phi) is 3.02. The summed E-state index contributed by atoms with van der Waals surface area (Å²) in [5, 5.41) is 5.39. The van der Waals surface area contributed by atoms with E-state index in [-0.39, 0.29) is 5.41 Å². The Morgan fingerprint density at radius 3 is 1.52 bits per heavy atom. The summed E-state index contributed by atoms with van der Waals surface area (Å²) in [6.45, 7) is 0. The second kappa shape index (κ2) is 5.44. The van der Waals surface area contributed by atoms with E-state index in [1.807, 2.05) is 0 Å². The minimum atomic E-state index is 0.102. The van der Waals surface area contributed by atoms with Crippen LogP contribution in [0.1, 0.15) is 11.1 Å². The van der Waals surface area contributed by atoms with Crippen molar-refractivity contribution in [2.24, 2.45) is 5.41 Å². The molecular weight excluding hydrogens is 324 g/mol. The summed E-state index contributed by atoms with van der Waals surface area (Å²) in [6.07, 6.45) is 11.3. The molecule has 0 saturated carbocycles. The molecule has 128 valence electrons. The number of benzene rings is 4. The molecule has 0 bridgehead atoms. The van der Waals surface area contributed by atoms with Gasteiger partial charge in [0.1, 0.15) is 0 Å². The SMILES string of the molecule is C1=CC2(C=C1)Cc1ccc3ccccc3c1-c1c(ccc3ccccc13)C2. The molecule has 0 nitrogen and oxygen atoms in total. The number of hydrogen-bond donors (Lipinski definition) is 0. The van der Waals surface area contributed by atoms with Crippen LogP contribution in [0.4, 0.5) is 0 Å². The fourth-order valence-electron chi connectivity index (χ4n) is 5.08. The van der Waals surface area contributed by atoms with Gasteiger partial charge in [-0.2, -0.15) is 0 Å². The van der Waals surface area contributed by atoms with Crippen molar-refractivity contribution < 1.29 is 0 Å². The van der Waals surface area contributed by atoms with E-state index in [1.165, 1.54) is 43.8 Å². The molecule has 2 aliphatic rings. The third kappa shape index (κ3) is 2.16. The summed E-state index contributed by atoms with van der Waals surface area (Å²) in [5.74, 6) is 0. The number of hydrogen-bond acceptors (Lipinski definition) is 0. The summed E-state index contributed by atoms with van der Waals surface area (Å²) >= 11 is 0. The van der Waals surface area contributed by atoms with Gasteiger partial charge in [0.25, 0.3) is 0 Å². The van der Waals surface area contributed by atoms with Gasteiger partial charge in [-0.05, 0) is 56.6 Å². The minimum Gasteiger partial charge on any atom is -0.0739 e. The molecule has 0 heteroatoms. The summed E-state index contributed by atoms with van der Waals surface area (Å²) in [7, 11) is 0. The number of rotatable bonds is 0. The first-order valence-electron chi connectivity index (χ1n) is 9.72. The van der Waals surface area contributed by atoms with E-state index in [1.54, 1.807) is 0 Å². The van der Waals surface area contributed by atoms with Crippen LogP contribution in [-0.4, -0.2) is 0 Å². The second-order valence-corrected chi connectivity index (χ2v) is 7.95. The molecule has 0 heterocycles. The number of allylic oxidation sites excluding steroid dienone is 4. The molecule has 2 aliphatic carbocycles. The van der Waals surface area contributed by atoms with Crippen LogP contribution in [0, 0.1) is 5.41 Å². The highest BCUT2D eigenvalue weighted by Crippen LogP contribution is 2.47. The summed E-state index contributed by atoms with van der Waals surface area (Å²) in [6, 6.07) is 27.0. The first-order valence-corrected chi connectivity index (χ1v) is 9.72. The molecule has 0 atom stereocenters. The molecule has 4 aromatic rings. The van der Waals surface area contributed by atoms with Crippen molar-refractivity contribution in [2.45, 2.75) is 12.8 Å². The summed E-state index contributed by atoms with van der Waals surface area (Å²) in [5.41, 5.74) is 5.89. The lowest BCUT2D eigenvalue weighted by Gasteiger charge is -2.24. The zero-order valence-electron chi connectivity index (χ0n) is 15.2. The van der Waals surface area contributed by atoms with Gasteiger partial charge in [0, 0.05) is 5.41 Å². The van der Waals surface area contributed by atoms with Gasteiger partial charge in [-0.3, -0.25) is 0 Å². The van der Waals surface area contributed by atoms with E-state index in [4.69, 9.17) is 0 Å². The lowest BCUT2D eigenvalue weighted by molar-refractivity contribution is 0.498. The molecule has 0 N–H and O–H groups in total. The summed E-state index contributed by atoms with van der Waals surface area (Å²) in [4.78, 5) is 0. The summed E-state index contributed by atoms with van der Waals surface area (Å²) < 4.78 is 0. The largest absolute Gasteiger partial charge is 0.0739 e. The van der Waals surface area contributed by atoms with Gasteiger partial charge in [0.05, 0.1) is 0 Å². The molecule has 6 rings (SSSR count).